The van der Waals surface area contributed by atoms with Gasteiger partial charge in [-0.1, -0.05) is 66.9 Å². The zero-order valence-corrected chi connectivity index (χ0v) is 18.1. The van der Waals surface area contributed by atoms with E-state index in [0.29, 0.717) is 5.92 Å². The smallest absolute Gasteiger partial charge is 0.191 e. The van der Waals surface area contributed by atoms with Crippen LogP contribution in [0.2, 0.25) is 5.02 Å². The van der Waals surface area contributed by atoms with Crippen LogP contribution < -0.4 is 0 Å². The molecule has 7 heteroatoms. The van der Waals surface area contributed by atoms with Gasteiger partial charge in [-0.3, -0.25) is 0 Å². The standard InChI is InChI=1S/C21H23ClN4S2/c1-2-12-26-19(15-8-4-3-5-9-15)24-25-21(26)28-14-16-13-27-20(23-16)17-10-6-7-11-18(17)22/h2,6-7,10-11,13,15H,1,3-5,8-9,12,14H2. The van der Waals surface area contributed by atoms with Crippen molar-refractivity contribution in [1.82, 2.24) is 19.7 Å². The Morgan fingerprint density at radius 2 is 2.04 bits per heavy atom. The number of rotatable bonds is 7. The topological polar surface area (TPSA) is 43.6 Å². The summed E-state index contributed by atoms with van der Waals surface area (Å²) in [6, 6.07) is 7.83. The molecule has 0 radical (unpaired) electrons. The molecule has 1 aliphatic carbocycles. The lowest BCUT2D eigenvalue weighted by atomic mass is 9.89. The lowest BCUT2D eigenvalue weighted by Crippen LogP contribution is -2.12. The maximum Gasteiger partial charge on any atom is 0.191 e. The van der Waals surface area contributed by atoms with Gasteiger partial charge in [-0.05, 0) is 18.9 Å². The van der Waals surface area contributed by atoms with Crippen LogP contribution in [0, 0.1) is 0 Å². The summed E-state index contributed by atoms with van der Waals surface area (Å²) in [6.07, 6.45) is 8.28. The number of hydrogen-bond acceptors (Lipinski definition) is 5. The van der Waals surface area contributed by atoms with E-state index < -0.39 is 0 Å². The van der Waals surface area contributed by atoms with Crippen LogP contribution in [-0.4, -0.2) is 19.7 Å². The molecule has 2 heterocycles. The van der Waals surface area contributed by atoms with Crippen molar-refractivity contribution in [3.8, 4) is 10.6 Å². The summed E-state index contributed by atoms with van der Waals surface area (Å²) in [5.41, 5.74) is 2.03. The first-order chi connectivity index (χ1) is 13.8. The van der Waals surface area contributed by atoms with Crippen molar-refractivity contribution >= 4 is 34.7 Å². The number of aromatic nitrogens is 4. The Morgan fingerprint density at radius 1 is 1.21 bits per heavy atom. The third kappa shape index (κ3) is 4.34. The third-order valence-electron chi connectivity index (χ3n) is 5.03. The summed E-state index contributed by atoms with van der Waals surface area (Å²) in [7, 11) is 0. The van der Waals surface area contributed by atoms with Gasteiger partial charge in [-0.15, -0.1) is 28.1 Å². The molecule has 1 aromatic carbocycles. The third-order valence-corrected chi connectivity index (χ3v) is 7.29. The number of allylic oxidation sites excluding steroid dienone is 1. The molecule has 146 valence electrons. The predicted octanol–water partition coefficient (Wildman–Crippen LogP) is 6.58. The zero-order chi connectivity index (χ0) is 19.3. The van der Waals surface area contributed by atoms with Gasteiger partial charge in [-0.25, -0.2) is 4.98 Å². The highest BCUT2D eigenvalue weighted by atomic mass is 35.5. The van der Waals surface area contributed by atoms with E-state index in [9.17, 15) is 0 Å². The fourth-order valence-electron chi connectivity index (χ4n) is 3.64. The molecule has 1 fully saturated rings. The maximum atomic E-state index is 6.30. The molecule has 0 unspecified atom stereocenters. The molecular formula is C21H23ClN4S2. The molecule has 0 N–H and O–H groups in total. The molecule has 4 rings (SSSR count). The van der Waals surface area contributed by atoms with Crippen LogP contribution in [0.1, 0.15) is 49.5 Å². The lowest BCUT2D eigenvalue weighted by Gasteiger charge is -2.21. The SMILES string of the molecule is C=CCn1c(SCc2csc(-c3ccccc3Cl)n2)nnc1C1CCCCC1. The van der Waals surface area contributed by atoms with E-state index >= 15 is 0 Å². The van der Waals surface area contributed by atoms with Gasteiger partial charge in [0.2, 0.25) is 0 Å². The van der Waals surface area contributed by atoms with E-state index in [4.69, 9.17) is 16.6 Å². The van der Waals surface area contributed by atoms with E-state index in [1.807, 2.05) is 30.3 Å². The van der Waals surface area contributed by atoms with E-state index in [-0.39, 0.29) is 0 Å². The van der Waals surface area contributed by atoms with Crippen LogP contribution in [0.3, 0.4) is 0 Å². The summed E-state index contributed by atoms with van der Waals surface area (Å²) in [4.78, 5) is 4.76. The zero-order valence-electron chi connectivity index (χ0n) is 15.7. The average Bonchev–Trinajstić information content (AvgIpc) is 3.35. The van der Waals surface area contributed by atoms with Crippen LogP contribution in [0.4, 0.5) is 0 Å². The van der Waals surface area contributed by atoms with Gasteiger partial charge in [0, 0.05) is 29.2 Å². The minimum Gasteiger partial charge on any atom is -0.302 e. The largest absolute Gasteiger partial charge is 0.302 e. The molecular weight excluding hydrogens is 408 g/mol. The molecule has 1 aliphatic rings. The maximum absolute atomic E-state index is 6.30. The molecule has 0 aliphatic heterocycles. The van der Waals surface area contributed by atoms with E-state index in [0.717, 1.165) is 44.6 Å². The number of thioether (sulfide) groups is 1. The van der Waals surface area contributed by atoms with Gasteiger partial charge in [0.25, 0.3) is 0 Å². The summed E-state index contributed by atoms with van der Waals surface area (Å²) in [5, 5.41) is 13.8. The van der Waals surface area contributed by atoms with Crippen molar-refractivity contribution in [3.05, 3.63) is 58.8 Å². The summed E-state index contributed by atoms with van der Waals surface area (Å²) in [6.45, 7) is 4.67. The number of benzene rings is 1. The molecule has 28 heavy (non-hydrogen) atoms. The molecule has 3 aromatic rings. The first kappa shape index (κ1) is 19.7. The molecule has 4 nitrogen and oxygen atoms in total. The van der Waals surface area contributed by atoms with Gasteiger partial charge in [0.15, 0.2) is 5.16 Å². The van der Waals surface area contributed by atoms with Crippen LogP contribution in [0.5, 0.6) is 0 Å². The molecule has 1 saturated carbocycles. The fraction of sp³-hybridized carbons (Fsp3) is 0.381. The normalized spacial score (nSPS) is 15.0. The quantitative estimate of drug-likeness (QED) is 0.313. The highest BCUT2D eigenvalue weighted by molar-refractivity contribution is 7.98. The number of thiazole rings is 1. The van der Waals surface area contributed by atoms with Crippen molar-refractivity contribution in [3.63, 3.8) is 0 Å². The van der Waals surface area contributed by atoms with Gasteiger partial charge in [-0.2, -0.15) is 0 Å². The fourth-order valence-corrected chi connectivity index (χ4v) is 5.73. The summed E-state index contributed by atoms with van der Waals surface area (Å²) in [5.74, 6) is 2.42. The lowest BCUT2D eigenvalue weighted by molar-refractivity contribution is 0.415. The molecule has 0 saturated heterocycles. The average molecular weight is 431 g/mol. The van der Waals surface area contributed by atoms with Crippen molar-refractivity contribution in [1.29, 1.82) is 0 Å². The highest BCUT2D eigenvalue weighted by Crippen LogP contribution is 2.35. The Bertz CT molecular complexity index is 944. The van der Waals surface area contributed by atoms with Gasteiger partial charge >= 0.3 is 0 Å². The first-order valence-corrected chi connectivity index (χ1v) is 11.9. The summed E-state index contributed by atoms with van der Waals surface area (Å²) >= 11 is 9.62. The monoisotopic (exact) mass is 430 g/mol. The minimum atomic E-state index is 0.529. The summed E-state index contributed by atoms with van der Waals surface area (Å²) < 4.78 is 2.23. The van der Waals surface area contributed by atoms with Crippen LogP contribution >= 0.6 is 34.7 Å². The Balaban J connectivity index is 1.48. The molecule has 0 amide bonds. The molecule has 0 atom stereocenters. The van der Waals surface area contributed by atoms with Crippen molar-refractivity contribution in [2.45, 2.75) is 55.5 Å². The Hall–Kier alpha value is -1.63. The van der Waals surface area contributed by atoms with Crippen molar-refractivity contribution in [2.75, 3.05) is 0 Å². The van der Waals surface area contributed by atoms with E-state index in [1.54, 1.807) is 23.1 Å². The Labute approximate surface area is 179 Å². The second-order valence-electron chi connectivity index (χ2n) is 6.99. The minimum absolute atomic E-state index is 0.529. The second kappa shape index (κ2) is 9.25. The van der Waals surface area contributed by atoms with E-state index in [2.05, 4.69) is 26.7 Å². The highest BCUT2D eigenvalue weighted by Gasteiger charge is 2.23. The Kier molecular flexibility index (Phi) is 6.50. The van der Waals surface area contributed by atoms with Crippen molar-refractivity contribution in [2.24, 2.45) is 0 Å². The van der Waals surface area contributed by atoms with Crippen LogP contribution in [-0.2, 0) is 12.3 Å². The van der Waals surface area contributed by atoms with Gasteiger partial charge in [0.1, 0.15) is 10.8 Å². The van der Waals surface area contributed by atoms with Crippen molar-refractivity contribution < 1.29 is 0 Å². The second-order valence-corrected chi connectivity index (χ2v) is 9.20. The molecule has 2 aromatic heterocycles. The van der Waals surface area contributed by atoms with Crippen LogP contribution in [0.25, 0.3) is 10.6 Å². The van der Waals surface area contributed by atoms with Crippen LogP contribution in [0.15, 0.2) is 47.5 Å². The van der Waals surface area contributed by atoms with E-state index in [1.165, 1.54) is 32.1 Å². The Morgan fingerprint density at radius 3 is 2.82 bits per heavy atom. The number of nitrogens with zero attached hydrogens (tertiary/aromatic N) is 4. The first-order valence-electron chi connectivity index (χ1n) is 9.62. The molecule has 0 bridgehead atoms. The van der Waals surface area contributed by atoms with Gasteiger partial charge < -0.3 is 4.57 Å². The number of hydrogen-bond donors (Lipinski definition) is 0. The molecule has 0 spiro atoms. The number of halogens is 1. The predicted molar refractivity (Wildman–Crippen MR) is 118 cm³/mol. The van der Waals surface area contributed by atoms with Gasteiger partial charge in [0.05, 0.1) is 10.7 Å².